The Morgan fingerprint density at radius 3 is 2.85 bits per heavy atom. The number of rotatable bonds is 0. The van der Waals surface area contributed by atoms with E-state index >= 15 is 0 Å². The van der Waals surface area contributed by atoms with Gasteiger partial charge in [0.2, 0.25) is 0 Å². The largest absolute Gasteiger partial charge is 0.508 e. The second kappa shape index (κ2) is 2.25. The summed E-state index contributed by atoms with van der Waals surface area (Å²) in [4.78, 5) is 0. The summed E-state index contributed by atoms with van der Waals surface area (Å²) in [6, 6.07) is 10.1. The molecule has 0 atom stereocenters. The summed E-state index contributed by atoms with van der Waals surface area (Å²) in [5, 5.41) is 12.2. The molecule has 3 rings (SSSR count). The minimum Gasteiger partial charge on any atom is -0.508 e. The highest BCUT2D eigenvalue weighted by molar-refractivity contribution is 5.92. The number of hydrogen-bond acceptors (Lipinski definition) is 1. The van der Waals surface area contributed by atoms with Crippen LogP contribution in [0.1, 0.15) is 11.1 Å². The first-order valence-electron chi connectivity index (χ1n) is 4.59. The second-order valence-corrected chi connectivity index (χ2v) is 3.58. The maximum Gasteiger partial charge on any atom is 0.119 e. The molecule has 2 aromatic rings. The van der Waals surface area contributed by atoms with Gasteiger partial charge in [-0.05, 0) is 35.2 Å². The summed E-state index contributed by atoms with van der Waals surface area (Å²) in [6.45, 7) is 0. The zero-order chi connectivity index (χ0) is 8.84. The maximum absolute atomic E-state index is 9.64. The predicted molar refractivity (Wildman–Crippen MR) is 53.0 cm³/mol. The molecule has 0 fully saturated rings. The lowest BCUT2D eigenvalue weighted by Gasteiger charge is -2.02. The molecular formula is C12H10O. The topological polar surface area (TPSA) is 20.2 Å². The highest BCUT2D eigenvalue weighted by Gasteiger charge is 2.16. The van der Waals surface area contributed by atoms with E-state index in [1.807, 2.05) is 6.07 Å². The summed E-state index contributed by atoms with van der Waals surface area (Å²) in [5.41, 5.74) is 2.51. The van der Waals surface area contributed by atoms with Crippen LogP contribution in [0.15, 0.2) is 30.3 Å². The van der Waals surface area contributed by atoms with E-state index in [0.717, 1.165) is 18.4 Å². The Kier molecular flexibility index (Phi) is 1.21. The van der Waals surface area contributed by atoms with Crippen molar-refractivity contribution in [1.29, 1.82) is 0 Å². The Morgan fingerprint density at radius 2 is 1.92 bits per heavy atom. The molecule has 0 spiro atoms. The van der Waals surface area contributed by atoms with Gasteiger partial charge in [-0.25, -0.2) is 0 Å². The molecule has 13 heavy (non-hydrogen) atoms. The van der Waals surface area contributed by atoms with Gasteiger partial charge >= 0.3 is 0 Å². The van der Waals surface area contributed by atoms with Crippen molar-refractivity contribution < 1.29 is 5.11 Å². The van der Waals surface area contributed by atoms with Gasteiger partial charge in [0, 0.05) is 5.56 Å². The summed E-state index contributed by atoms with van der Waals surface area (Å²) in [5.74, 6) is 0.456. The van der Waals surface area contributed by atoms with E-state index in [0.29, 0.717) is 5.75 Å². The number of phenolic OH excluding ortho intramolecular Hbond substituents is 1. The molecule has 0 radical (unpaired) electrons. The molecule has 0 unspecified atom stereocenters. The third-order valence-corrected chi connectivity index (χ3v) is 2.86. The molecule has 0 saturated heterocycles. The van der Waals surface area contributed by atoms with Gasteiger partial charge in [-0.3, -0.25) is 0 Å². The Bertz CT molecular complexity index is 486. The fourth-order valence-corrected chi connectivity index (χ4v) is 2.25. The van der Waals surface area contributed by atoms with Crippen molar-refractivity contribution in [1.82, 2.24) is 0 Å². The maximum atomic E-state index is 9.64. The number of aryl methyl sites for hydroxylation is 2. The molecule has 64 valence electrons. The SMILES string of the molecule is Oc1ccc2cccc3c2c1CC3. The first kappa shape index (κ1) is 6.96. The molecular weight excluding hydrogens is 160 g/mol. The van der Waals surface area contributed by atoms with E-state index in [1.54, 1.807) is 6.07 Å². The molecule has 0 amide bonds. The van der Waals surface area contributed by atoms with Crippen molar-refractivity contribution in [2.24, 2.45) is 0 Å². The Morgan fingerprint density at radius 1 is 1.00 bits per heavy atom. The minimum atomic E-state index is 0.456. The third-order valence-electron chi connectivity index (χ3n) is 2.86. The lowest BCUT2D eigenvalue weighted by molar-refractivity contribution is 0.470. The molecule has 1 heteroatoms. The second-order valence-electron chi connectivity index (χ2n) is 3.58. The van der Waals surface area contributed by atoms with Crippen molar-refractivity contribution in [2.45, 2.75) is 12.8 Å². The van der Waals surface area contributed by atoms with Gasteiger partial charge in [-0.15, -0.1) is 0 Å². The van der Waals surface area contributed by atoms with Crippen LogP contribution in [0.2, 0.25) is 0 Å². The first-order valence-corrected chi connectivity index (χ1v) is 4.59. The Labute approximate surface area is 76.6 Å². The van der Waals surface area contributed by atoms with Crippen LogP contribution in [0.25, 0.3) is 10.8 Å². The van der Waals surface area contributed by atoms with Crippen LogP contribution in [0, 0.1) is 0 Å². The summed E-state index contributed by atoms with van der Waals surface area (Å²) in [7, 11) is 0. The normalized spacial score (nSPS) is 13.8. The Balaban J connectivity index is 2.56. The van der Waals surface area contributed by atoms with E-state index in [1.165, 1.54) is 16.3 Å². The molecule has 0 heterocycles. The summed E-state index contributed by atoms with van der Waals surface area (Å²) < 4.78 is 0. The van der Waals surface area contributed by atoms with Gasteiger partial charge in [0.05, 0.1) is 0 Å². The van der Waals surface area contributed by atoms with Crippen LogP contribution in [-0.2, 0) is 12.8 Å². The van der Waals surface area contributed by atoms with E-state index in [9.17, 15) is 5.11 Å². The highest BCUT2D eigenvalue weighted by atomic mass is 16.3. The van der Waals surface area contributed by atoms with E-state index in [4.69, 9.17) is 0 Å². The lowest BCUT2D eigenvalue weighted by atomic mass is 10.0. The molecule has 2 aromatic carbocycles. The van der Waals surface area contributed by atoms with Crippen LogP contribution >= 0.6 is 0 Å². The molecule has 1 aliphatic carbocycles. The zero-order valence-corrected chi connectivity index (χ0v) is 7.25. The van der Waals surface area contributed by atoms with Crippen LogP contribution in [0.3, 0.4) is 0 Å². The first-order chi connectivity index (χ1) is 6.36. The minimum absolute atomic E-state index is 0.456. The molecule has 1 aliphatic rings. The van der Waals surface area contributed by atoms with Crippen LogP contribution < -0.4 is 0 Å². The molecule has 1 nitrogen and oxygen atoms in total. The zero-order valence-electron chi connectivity index (χ0n) is 7.25. The lowest BCUT2D eigenvalue weighted by Crippen LogP contribution is -1.79. The van der Waals surface area contributed by atoms with Gasteiger partial charge < -0.3 is 5.11 Å². The molecule has 1 N–H and O–H groups in total. The van der Waals surface area contributed by atoms with Crippen LogP contribution in [-0.4, -0.2) is 5.11 Å². The van der Waals surface area contributed by atoms with Gasteiger partial charge in [0.25, 0.3) is 0 Å². The fraction of sp³-hybridized carbons (Fsp3) is 0.167. The fourth-order valence-electron chi connectivity index (χ4n) is 2.25. The molecule has 0 saturated carbocycles. The summed E-state index contributed by atoms with van der Waals surface area (Å²) >= 11 is 0. The smallest absolute Gasteiger partial charge is 0.119 e. The van der Waals surface area contributed by atoms with Crippen molar-refractivity contribution in [3.8, 4) is 5.75 Å². The van der Waals surface area contributed by atoms with Crippen molar-refractivity contribution in [3.63, 3.8) is 0 Å². The Hall–Kier alpha value is -1.50. The number of phenols is 1. The van der Waals surface area contributed by atoms with Crippen LogP contribution in [0.5, 0.6) is 5.75 Å². The quantitative estimate of drug-likeness (QED) is 0.644. The van der Waals surface area contributed by atoms with E-state index in [-0.39, 0.29) is 0 Å². The van der Waals surface area contributed by atoms with Crippen molar-refractivity contribution >= 4 is 10.8 Å². The molecule has 0 aromatic heterocycles. The molecule has 0 aliphatic heterocycles. The monoisotopic (exact) mass is 170 g/mol. The number of aromatic hydroxyl groups is 1. The van der Waals surface area contributed by atoms with Crippen molar-refractivity contribution in [2.75, 3.05) is 0 Å². The van der Waals surface area contributed by atoms with Gasteiger partial charge in [-0.1, -0.05) is 24.3 Å². The van der Waals surface area contributed by atoms with E-state index < -0.39 is 0 Å². The highest BCUT2D eigenvalue weighted by Crippen LogP contribution is 2.35. The van der Waals surface area contributed by atoms with Gasteiger partial charge in [0.1, 0.15) is 5.75 Å². The average Bonchev–Trinajstić information content (AvgIpc) is 2.57. The number of benzene rings is 2. The third kappa shape index (κ3) is 0.816. The summed E-state index contributed by atoms with van der Waals surface area (Å²) in [6.07, 6.45) is 2.06. The van der Waals surface area contributed by atoms with E-state index in [2.05, 4.69) is 18.2 Å². The van der Waals surface area contributed by atoms with Gasteiger partial charge in [-0.2, -0.15) is 0 Å². The molecule has 0 bridgehead atoms. The van der Waals surface area contributed by atoms with Crippen molar-refractivity contribution in [3.05, 3.63) is 41.5 Å². The van der Waals surface area contributed by atoms with Gasteiger partial charge in [0.15, 0.2) is 0 Å². The van der Waals surface area contributed by atoms with Crippen LogP contribution in [0.4, 0.5) is 0 Å². The standard InChI is InChI=1S/C12H10O/c13-11-7-5-9-3-1-2-8-4-6-10(11)12(8)9/h1-3,5,7,13H,4,6H2. The predicted octanol–water partition coefficient (Wildman–Crippen LogP) is 2.64. The average molecular weight is 170 g/mol. The number of hydrogen-bond donors (Lipinski definition) is 1.